The average Bonchev–Trinajstić information content (AvgIpc) is 2.76. The van der Waals surface area contributed by atoms with Gasteiger partial charge in [0.25, 0.3) is 0 Å². The van der Waals surface area contributed by atoms with E-state index >= 15 is 0 Å². The fourth-order valence-corrected chi connectivity index (χ4v) is 2.11. The Bertz CT molecular complexity index is 405. The molecule has 0 aliphatic heterocycles. The van der Waals surface area contributed by atoms with Crippen LogP contribution in [0.4, 0.5) is 5.82 Å². The van der Waals surface area contributed by atoms with Crippen molar-refractivity contribution in [2.45, 2.75) is 38.3 Å². The van der Waals surface area contributed by atoms with Gasteiger partial charge in [0.15, 0.2) is 0 Å². The summed E-state index contributed by atoms with van der Waals surface area (Å²) in [7, 11) is 0. The number of aliphatic hydroxyl groups is 1. The SMILES string of the molecule is CCOC(=O)c1ccc(N[C@H]2CCC[C@H]2O)nc1. The first kappa shape index (κ1) is 12.8. The highest BCUT2D eigenvalue weighted by molar-refractivity contribution is 5.89. The molecule has 98 valence electrons. The van der Waals surface area contributed by atoms with E-state index in [2.05, 4.69) is 10.3 Å². The number of hydrogen-bond donors (Lipinski definition) is 2. The van der Waals surface area contributed by atoms with Gasteiger partial charge in [-0.15, -0.1) is 0 Å². The lowest BCUT2D eigenvalue weighted by molar-refractivity contribution is 0.0526. The molecule has 0 radical (unpaired) electrons. The van der Waals surface area contributed by atoms with Crippen LogP contribution in [0.2, 0.25) is 0 Å². The van der Waals surface area contributed by atoms with Crippen molar-refractivity contribution in [2.24, 2.45) is 0 Å². The standard InChI is InChI=1S/C13H18N2O3/c1-2-18-13(17)9-6-7-12(14-8-9)15-10-4-3-5-11(10)16/h6-8,10-11,16H,2-5H2,1H3,(H,14,15)/t10-,11+/m0/s1. The van der Waals surface area contributed by atoms with Gasteiger partial charge in [0, 0.05) is 6.20 Å². The number of ether oxygens (including phenoxy) is 1. The molecule has 5 heteroatoms. The van der Waals surface area contributed by atoms with E-state index in [1.807, 2.05) is 0 Å². The van der Waals surface area contributed by atoms with Crippen LogP contribution in [0.15, 0.2) is 18.3 Å². The Balaban J connectivity index is 1.97. The summed E-state index contributed by atoms with van der Waals surface area (Å²) in [6, 6.07) is 3.47. The number of hydrogen-bond acceptors (Lipinski definition) is 5. The Labute approximate surface area is 106 Å². The van der Waals surface area contributed by atoms with E-state index in [0.717, 1.165) is 19.3 Å². The Hall–Kier alpha value is -1.62. The number of rotatable bonds is 4. The predicted molar refractivity (Wildman–Crippen MR) is 67.5 cm³/mol. The molecule has 0 unspecified atom stereocenters. The molecule has 1 saturated carbocycles. The maximum Gasteiger partial charge on any atom is 0.339 e. The number of carbonyl (C=O) groups is 1. The second kappa shape index (κ2) is 5.82. The minimum atomic E-state index is -0.363. The first-order chi connectivity index (χ1) is 8.70. The summed E-state index contributed by atoms with van der Waals surface area (Å²) >= 11 is 0. The molecule has 0 amide bonds. The van der Waals surface area contributed by atoms with Crippen LogP contribution in [0.3, 0.4) is 0 Å². The quantitative estimate of drug-likeness (QED) is 0.794. The van der Waals surface area contributed by atoms with Gasteiger partial charge in [0.2, 0.25) is 0 Å². The third-order valence-corrected chi connectivity index (χ3v) is 3.09. The van der Waals surface area contributed by atoms with Gasteiger partial charge in [-0.05, 0) is 38.3 Å². The smallest absolute Gasteiger partial charge is 0.339 e. The second-order valence-electron chi connectivity index (χ2n) is 4.40. The maximum absolute atomic E-state index is 11.4. The lowest BCUT2D eigenvalue weighted by Gasteiger charge is -2.16. The number of pyridine rings is 1. The van der Waals surface area contributed by atoms with Crippen LogP contribution in [0.1, 0.15) is 36.5 Å². The van der Waals surface area contributed by atoms with Crippen molar-refractivity contribution in [3.05, 3.63) is 23.9 Å². The minimum Gasteiger partial charge on any atom is -0.462 e. The molecule has 0 bridgehead atoms. The van der Waals surface area contributed by atoms with Gasteiger partial charge in [-0.1, -0.05) is 0 Å². The van der Waals surface area contributed by atoms with Crippen LogP contribution < -0.4 is 5.32 Å². The minimum absolute atomic E-state index is 0.0611. The van der Waals surface area contributed by atoms with E-state index < -0.39 is 0 Å². The van der Waals surface area contributed by atoms with Crippen LogP contribution in [0.25, 0.3) is 0 Å². The Morgan fingerprint density at radius 2 is 2.39 bits per heavy atom. The number of aliphatic hydroxyl groups excluding tert-OH is 1. The monoisotopic (exact) mass is 250 g/mol. The number of nitrogens with zero attached hydrogens (tertiary/aromatic N) is 1. The topological polar surface area (TPSA) is 71.5 Å². The fourth-order valence-electron chi connectivity index (χ4n) is 2.11. The molecule has 2 rings (SSSR count). The summed E-state index contributed by atoms with van der Waals surface area (Å²) in [4.78, 5) is 15.6. The molecule has 1 fully saturated rings. The Morgan fingerprint density at radius 1 is 1.56 bits per heavy atom. The van der Waals surface area contributed by atoms with Crippen molar-refractivity contribution in [3.8, 4) is 0 Å². The number of aromatic nitrogens is 1. The molecular weight excluding hydrogens is 232 g/mol. The van der Waals surface area contributed by atoms with Crippen molar-refractivity contribution in [2.75, 3.05) is 11.9 Å². The summed E-state index contributed by atoms with van der Waals surface area (Å²) in [5, 5.41) is 12.9. The Morgan fingerprint density at radius 3 is 2.94 bits per heavy atom. The molecule has 1 aromatic rings. The largest absolute Gasteiger partial charge is 0.462 e. The molecule has 1 heterocycles. The molecule has 5 nitrogen and oxygen atoms in total. The summed E-state index contributed by atoms with van der Waals surface area (Å²) in [6.45, 7) is 2.12. The zero-order valence-corrected chi connectivity index (χ0v) is 10.4. The third kappa shape index (κ3) is 2.98. The number of nitrogens with one attached hydrogen (secondary N) is 1. The van der Waals surface area contributed by atoms with Crippen LogP contribution in [0, 0.1) is 0 Å². The highest BCUT2D eigenvalue weighted by Crippen LogP contribution is 2.22. The number of anilines is 1. The first-order valence-corrected chi connectivity index (χ1v) is 6.28. The van der Waals surface area contributed by atoms with Crippen LogP contribution >= 0.6 is 0 Å². The van der Waals surface area contributed by atoms with E-state index in [4.69, 9.17) is 4.74 Å². The van der Waals surface area contributed by atoms with Crippen molar-refractivity contribution in [1.82, 2.24) is 4.98 Å². The highest BCUT2D eigenvalue weighted by Gasteiger charge is 2.25. The highest BCUT2D eigenvalue weighted by atomic mass is 16.5. The van der Waals surface area contributed by atoms with E-state index in [0.29, 0.717) is 18.0 Å². The van der Waals surface area contributed by atoms with Gasteiger partial charge in [-0.25, -0.2) is 9.78 Å². The molecule has 0 aromatic carbocycles. The lowest BCUT2D eigenvalue weighted by Crippen LogP contribution is -2.28. The van der Waals surface area contributed by atoms with E-state index in [9.17, 15) is 9.90 Å². The molecule has 1 aliphatic rings. The zero-order chi connectivity index (χ0) is 13.0. The van der Waals surface area contributed by atoms with Crippen LogP contribution in [-0.4, -0.2) is 34.8 Å². The number of carbonyl (C=O) groups excluding carboxylic acids is 1. The second-order valence-corrected chi connectivity index (χ2v) is 4.40. The molecule has 1 aliphatic carbocycles. The van der Waals surface area contributed by atoms with E-state index in [-0.39, 0.29) is 18.1 Å². The van der Waals surface area contributed by atoms with Gasteiger partial charge in [-0.3, -0.25) is 0 Å². The van der Waals surface area contributed by atoms with Gasteiger partial charge in [0.05, 0.1) is 24.3 Å². The summed E-state index contributed by atoms with van der Waals surface area (Å²) < 4.78 is 4.88. The van der Waals surface area contributed by atoms with Gasteiger partial charge in [0.1, 0.15) is 5.82 Å². The average molecular weight is 250 g/mol. The fraction of sp³-hybridized carbons (Fsp3) is 0.538. The van der Waals surface area contributed by atoms with Gasteiger partial charge >= 0.3 is 5.97 Å². The number of esters is 1. The Kier molecular flexibility index (Phi) is 4.15. The molecule has 2 atom stereocenters. The summed E-state index contributed by atoms with van der Waals surface area (Å²) in [5.74, 6) is 0.312. The van der Waals surface area contributed by atoms with Crippen molar-refractivity contribution < 1.29 is 14.6 Å². The van der Waals surface area contributed by atoms with Crippen molar-refractivity contribution >= 4 is 11.8 Å². The molecule has 2 N–H and O–H groups in total. The molecule has 1 aromatic heterocycles. The lowest BCUT2D eigenvalue weighted by atomic mass is 10.2. The van der Waals surface area contributed by atoms with Gasteiger partial charge < -0.3 is 15.2 Å². The molecule has 18 heavy (non-hydrogen) atoms. The van der Waals surface area contributed by atoms with E-state index in [1.54, 1.807) is 19.1 Å². The molecule has 0 saturated heterocycles. The van der Waals surface area contributed by atoms with Crippen LogP contribution in [-0.2, 0) is 4.74 Å². The third-order valence-electron chi connectivity index (χ3n) is 3.09. The van der Waals surface area contributed by atoms with Crippen molar-refractivity contribution in [3.63, 3.8) is 0 Å². The zero-order valence-electron chi connectivity index (χ0n) is 10.4. The summed E-state index contributed by atoms with van der Waals surface area (Å²) in [5.41, 5.74) is 0.439. The van der Waals surface area contributed by atoms with Crippen molar-refractivity contribution in [1.29, 1.82) is 0 Å². The normalized spacial score (nSPS) is 22.8. The first-order valence-electron chi connectivity index (χ1n) is 6.28. The van der Waals surface area contributed by atoms with E-state index in [1.165, 1.54) is 6.20 Å². The maximum atomic E-state index is 11.4. The van der Waals surface area contributed by atoms with Crippen LogP contribution in [0.5, 0.6) is 0 Å². The predicted octanol–water partition coefficient (Wildman–Crippen LogP) is 1.58. The van der Waals surface area contributed by atoms with Gasteiger partial charge in [-0.2, -0.15) is 0 Å². The molecule has 0 spiro atoms. The summed E-state index contributed by atoms with van der Waals surface area (Å²) in [6.07, 6.45) is 3.99. The molecular formula is C13H18N2O3.